The molecule has 1 nitrogen and oxygen atoms in total. The Balaban J connectivity index is 2.01. The molecule has 19 heavy (non-hydrogen) atoms. The van der Waals surface area contributed by atoms with Gasteiger partial charge in [0.05, 0.1) is 0 Å². The lowest BCUT2D eigenvalue weighted by Crippen LogP contribution is -2.01. The second kappa shape index (κ2) is 10.7. The smallest absolute Gasteiger partial charge is 0.0485 e. The Labute approximate surface area is 134 Å². The first-order valence-corrected chi connectivity index (χ1v) is 9.01. The van der Waals surface area contributed by atoms with Crippen LogP contribution in [0.25, 0.3) is 0 Å². The highest BCUT2D eigenvalue weighted by Gasteiger charge is 1.99. The second-order valence-electron chi connectivity index (χ2n) is 5.03. The summed E-state index contributed by atoms with van der Waals surface area (Å²) in [6, 6.07) is 6.26. The van der Waals surface area contributed by atoms with Crippen LogP contribution in [-0.4, -0.2) is 6.54 Å². The van der Waals surface area contributed by atoms with Crippen LogP contribution in [-0.2, 0) is 0 Å². The maximum atomic E-state index is 3.57. The molecular weight excluding hydrogens is 366 g/mol. The number of hydrogen-bond acceptors (Lipinski definition) is 1. The number of anilines is 1. The average Bonchev–Trinajstić information content (AvgIpc) is 2.39. The van der Waals surface area contributed by atoms with Crippen LogP contribution in [0.3, 0.4) is 0 Å². The third kappa shape index (κ3) is 7.98. The quantitative estimate of drug-likeness (QED) is 0.435. The van der Waals surface area contributed by atoms with Crippen molar-refractivity contribution in [3.8, 4) is 0 Å². The van der Waals surface area contributed by atoms with E-state index in [2.05, 4.69) is 62.3 Å². The maximum Gasteiger partial charge on any atom is 0.0485 e. The molecule has 0 aromatic heterocycles. The van der Waals surface area contributed by atoms with Crippen LogP contribution in [0.4, 0.5) is 5.69 Å². The van der Waals surface area contributed by atoms with E-state index in [1.165, 1.54) is 57.1 Å². The number of halogens is 2. The Bertz CT molecular complexity index is 353. The fourth-order valence-electron chi connectivity index (χ4n) is 2.11. The summed E-state index contributed by atoms with van der Waals surface area (Å²) in [5, 5.41) is 3.48. The van der Waals surface area contributed by atoms with Crippen LogP contribution in [0, 0.1) is 0 Å². The highest BCUT2D eigenvalue weighted by Crippen LogP contribution is 2.26. The van der Waals surface area contributed by atoms with Gasteiger partial charge in [0.25, 0.3) is 0 Å². The fraction of sp³-hybridized carbons (Fsp3) is 0.625. The summed E-state index contributed by atoms with van der Waals surface area (Å²) in [5.74, 6) is 0. The zero-order chi connectivity index (χ0) is 13.9. The van der Waals surface area contributed by atoms with Gasteiger partial charge in [0.1, 0.15) is 0 Å². The van der Waals surface area contributed by atoms with Crippen LogP contribution in [0.2, 0.25) is 0 Å². The third-order valence-electron chi connectivity index (χ3n) is 3.28. The van der Waals surface area contributed by atoms with Gasteiger partial charge in [-0.05, 0) is 40.5 Å². The predicted octanol–water partition coefficient (Wildman–Crippen LogP) is 6.76. The molecular formula is C16H25Br2N. The van der Waals surface area contributed by atoms with Crippen molar-refractivity contribution in [2.75, 3.05) is 11.9 Å². The van der Waals surface area contributed by atoms with Crippen molar-refractivity contribution < 1.29 is 0 Å². The predicted molar refractivity (Wildman–Crippen MR) is 92.9 cm³/mol. The monoisotopic (exact) mass is 389 g/mol. The normalized spacial score (nSPS) is 10.7. The SMILES string of the molecule is CCCCCCCCCCNc1ccc(Br)cc1Br. The van der Waals surface area contributed by atoms with Crippen LogP contribution in [0.15, 0.2) is 27.1 Å². The molecule has 0 aliphatic rings. The Kier molecular flexibility index (Phi) is 9.62. The van der Waals surface area contributed by atoms with Crippen LogP contribution >= 0.6 is 31.9 Å². The fourth-order valence-corrected chi connectivity index (χ4v) is 3.30. The van der Waals surface area contributed by atoms with Gasteiger partial charge in [0.15, 0.2) is 0 Å². The van der Waals surface area contributed by atoms with Gasteiger partial charge in [0, 0.05) is 21.2 Å². The van der Waals surface area contributed by atoms with Gasteiger partial charge >= 0.3 is 0 Å². The largest absolute Gasteiger partial charge is 0.384 e. The number of nitrogens with one attached hydrogen (secondary N) is 1. The van der Waals surface area contributed by atoms with Gasteiger partial charge in [-0.15, -0.1) is 0 Å². The molecule has 1 rings (SSSR count). The van der Waals surface area contributed by atoms with E-state index in [0.717, 1.165) is 15.5 Å². The molecule has 0 aliphatic heterocycles. The van der Waals surface area contributed by atoms with Gasteiger partial charge in [-0.2, -0.15) is 0 Å². The van der Waals surface area contributed by atoms with Gasteiger partial charge in [-0.1, -0.05) is 67.8 Å². The van der Waals surface area contributed by atoms with E-state index in [4.69, 9.17) is 0 Å². The Hall–Kier alpha value is -0.0200. The van der Waals surface area contributed by atoms with Gasteiger partial charge in [0.2, 0.25) is 0 Å². The van der Waals surface area contributed by atoms with E-state index in [0.29, 0.717) is 0 Å². The van der Waals surface area contributed by atoms with Gasteiger partial charge < -0.3 is 5.32 Å². The molecule has 0 radical (unpaired) electrons. The molecule has 1 N–H and O–H groups in total. The topological polar surface area (TPSA) is 12.0 Å². The molecule has 0 heterocycles. The third-order valence-corrected chi connectivity index (χ3v) is 4.43. The van der Waals surface area contributed by atoms with Crippen molar-refractivity contribution in [2.45, 2.75) is 58.3 Å². The molecule has 0 saturated heterocycles. The van der Waals surface area contributed by atoms with Crippen molar-refractivity contribution in [2.24, 2.45) is 0 Å². The Morgan fingerprint density at radius 3 is 2.16 bits per heavy atom. The minimum absolute atomic E-state index is 1.06. The van der Waals surface area contributed by atoms with Gasteiger partial charge in [-0.3, -0.25) is 0 Å². The van der Waals surface area contributed by atoms with Crippen molar-refractivity contribution >= 4 is 37.5 Å². The number of unbranched alkanes of at least 4 members (excludes halogenated alkanes) is 7. The Morgan fingerprint density at radius 1 is 0.895 bits per heavy atom. The van der Waals surface area contributed by atoms with E-state index in [-0.39, 0.29) is 0 Å². The zero-order valence-electron chi connectivity index (χ0n) is 11.9. The molecule has 0 spiro atoms. The molecule has 1 aromatic rings. The van der Waals surface area contributed by atoms with Gasteiger partial charge in [-0.25, -0.2) is 0 Å². The molecule has 108 valence electrons. The molecule has 0 aliphatic carbocycles. The second-order valence-corrected chi connectivity index (χ2v) is 6.80. The maximum absolute atomic E-state index is 3.57. The van der Waals surface area contributed by atoms with E-state index in [9.17, 15) is 0 Å². The number of benzene rings is 1. The molecule has 0 amide bonds. The number of rotatable bonds is 10. The Morgan fingerprint density at radius 2 is 1.53 bits per heavy atom. The van der Waals surface area contributed by atoms with E-state index < -0.39 is 0 Å². The molecule has 1 aromatic carbocycles. The van der Waals surface area contributed by atoms with Crippen molar-refractivity contribution in [1.29, 1.82) is 0 Å². The minimum Gasteiger partial charge on any atom is -0.384 e. The van der Waals surface area contributed by atoms with Crippen molar-refractivity contribution in [3.63, 3.8) is 0 Å². The van der Waals surface area contributed by atoms with Crippen molar-refractivity contribution in [3.05, 3.63) is 27.1 Å². The van der Waals surface area contributed by atoms with E-state index >= 15 is 0 Å². The highest BCUT2D eigenvalue weighted by molar-refractivity contribution is 9.11. The van der Waals surface area contributed by atoms with Crippen LogP contribution < -0.4 is 5.32 Å². The molecule has 3 heteroatoms. The van der Waals surface area contributed by atoms with Crippen LogP contribution in [0.1, 0.15) is 58.3 Å². The van der Waals surface area contributed by atoms with E-state index in [1.54, 1.807) is 0 Å². The first-order valence-electron chi connectivity index (χ1n) is 7.43. The highest BCUT2D eigenvalue weighted by atomic mass is 79.9. The lowest BCUT2D eigenvalue weighted by Gasteiger charge is -2.08. The summed E-state index contributed by atoms with van der Waals surface area (Å²) < 4.78 is 2.23. The molecule has 0 bridgehead atoms. The summed E-state index contributed by atoms with van der Waals surface area (Å²) in [6.45, 7) is 3.33. The summed E-state index contributed by atoms with van der Waals surface area (Å²) in [7, 11) is 0. The molecule has 0 fully saturated rings. The molecule has 0 unspecified atom stereocenters. The average molecular weight is 391 g/mol. The summed E-state index contributed by atoms with van der Waals surface area (Å²) in [6.07, 6.45) is 11.0. The summed E-state index contributed by atoms with van der Waals surface area (Å²) >= 11 is 7.04. The lowest BCUT2D eigenvalue weighted by molar-refractivity contribution is 0.581. The first-order chi connectivity index (χ1) is 9.24. The molecule has 0 atom stereocenters. The van der Waals surface area contributed by atoms with Crippen LogP contribution in [0.5, 0.6) is 0 Å². The standard InChI is InChI=1S/C16H25Br2N/c1-2-3-4-5-6-7-8-9-12-19-16-11-10-14(17)13-15(16)18/h10-11,13,19H,2-9,12H2,1H3. The molecule has 0 saturated carbocycles. The first kappa shape index (κ1) is 17.0. The van der Waals surface area contributed by atoms with E-state index in [1.807, 2.05) is 0 Å². The minimum atomic E-state index is 1.06. The summed E-state index contributed by atoms with van der Waals surface area (Å²) in [5.41, 5.74) is 1.19. The summed E-state index contributed by atoms with van der Waals surface area (Å²) in [4.78, 5) is 0. The zero-order valence-corrected chi connectivity index (χ0v) is 15.0. The van der Waals surface area contributed by atoms with Crippen molar-refractivity contribution in [1.82, 2.24) is 0 Å². The lowest BCUT2D eigenvalue weighted by atomic mass is 10.1. The number of hydrogen-bond donors (Lipinski definition) is 1.